The van der Waals surface area contributed by atoms with E-state index in [0.29, 0.717) is 138 Å². The van der Waals surface area contributed by atoms with Crippen molar-refractivity contribution >= 4 is 121 Å². The molecule has 0 spiro atoms. The van der Waals surface area contributed by atoms with Crippen LogP contribution in [0.2, 0.25) is 0 Å². The molecule has 33 heteroatoms. The molecule has 6 aromatic heterocycles. The minimum absolute atomic E-state index is 0. The Hall–Kier alpha value is -14.1. The normalized spacial score (nSPS) is 15.7. The van der Waals surface area contributed by atoms with Gasteiger partial charge in [0.15, 0.2) is 0 Å². The van der Waals surface area contributed by atoms with Gasteiger partial charge in [-0.25, -0.2) is 32.3 Å². The molecule has 6 aliphatic rings. The number of amides is 5. The van der Waals surface area contributed by atoms with Gasteiger partial charge in [0.05, 0.1) is 97.9 Å². The van der Waals surface area contributed by atoms with Crippen LogP contribution >= 0.6 is 0 Å². The second-order valence-corrected chi connectivity index (χ2v) is 37.6. The minimum Gasteiger partial charge on any atom is -0.870 e. The molecule has 10 N–H and O–H groups in total. The van der Waals surface area contributed by atoms with Gasteiger partial charge < -0.3 is 85.4 Å². The van der Waals surface area contributed by atoms with Crippen molar-refractivity contribution in [3.8, 4) is 51.4 Å². The summed E-state index contributed by atoms with van der Waals surface area (Å²) >= 11 is 0. The van der Waals surface area contributed by atoms with E-state index in [1.165, 1.54) is 107 Å². The van der Waals surface area contributed by atoms with E-state index in [-0.39, 0.29) is 93.6 Å². The minimum atomic E-state index is -1.08. The summed E-state index contributed by atoms with van der Waals surface area (Å²) in [5.41, 5.74) is 19.0. The number of esters is 2. The number of aromatic nitrogens is 6. The van der Waals surface area contributed by atoms with E-state index < -0.39 is 40.5 Å². The molecule has 6 saturated carbocycles. The zero-order valence-electron chi connectivity index (χ0n) is 83.8. The standard InChI is InChI=1S/C38H41FN4O5.C37H39FN4O5.C21H21FN2O2.C17H22N2O4.Na.H2O/c1-4-48-33-22-28(15-11-25(33)13-18-34(44)47-3)41-37(46)38(19-8-20-38)42-36(45)26-12-17-32-30(21-26)24(2)35(31-16-14-27(39)23-40-31)43(32)29-9-6-5-7-10-29;1-3-47-32-21-27(14-10-24(32)12-17-33(43)44)40-36(46)37(18-7-19-37)41-35(45)25-11-16-31-29(20-25)23(2)34(30-15-13-26(38)22-39-30)42(31)28-8-5-4-6-9-28;1-24-18-11-14(21(25)26)7-9-16(18)19(13-5-3-2-4-6-13)20(24)17-10-8-15(22)12-23-17;1-3-23-14-11-13(19-16(21)17(18)9-4-10-17)7-5-12(14)6-8-15(20)22-2;;/h11-18,21-23,29H,4-10,19-20H2,1-3H3,(H,41,46)(H,42,45);10-17,20-22,28H,3-9,18-19H2,1-2H3,(H,40,46)(H,41,45)(H,43,44);7-13H,2-6H2,1H3,(H,25,26);5-8,11H,3-4,9-10,18H2,1-2H3,(H,19,21);;1H2/q;;;;+1;/p-1/b18-13+;17-12+;;8-6+;;. The molecule has 6 aromatic carbocycles. The van der Waals surface area contributed by atoms with Crippen molar-refractivity contribution < 1.29 is 125 Å². The third-order valence-electron chi connectivity index (χ3n) is 28.3. The number of carboxylic acids is 2. The first-order valence-electron chi connectivity index (χ1n) is 49.6. The average Bonchev–Trinajstić information content (AvgIpc) is 1.59. The molecule has 760 valence electrons. The molecule has 146 heavy (non-hydrogen) atoms. The number of halogens is 3. The maximum Gasteiger partial charge on any atom is 1.00 e. The first-order chi connectivity index (χ1) is 69.4. The van der Waals surface area contributed by atoms with Gasteiger partial charge in [0.25, 0.3) is 11.8 Å². The summed E-state index contributed by atoms with van der Waals surface area (Å²) in [6.07, 6.45) is 35.1. The van der Waals surface area contributed by atoms with Gasteiger partial charge >= 0.3 is 53.4 Å². The number of carbonyl (C=O) groups excluding carboxylic acids is 7. The van der Waals surface area contributed by atoms with Crippen LogP contribution in [0.15, 0.2) is 182 Å². The number of nitrogens with two attached hydrogens (primary N) is 1. The summed E-state index contributed by atoms with van der Waals surface area (Å²) in [6, 6.07) is 42.1. The number of hydrogen-bond acceptors (Lipinski definition) is 19. The summed E-state index contributed by atoms with van der Waals surface area (Å²) < 4.78 is 73.9. The average molecular weight is 2000 g/mol. The largest absolute Gasteiger partial charge is 1.00 e. The fourth-order valence-corrected chi connectivity index (χ4v) is 20.3. The molecule has 5 amide bonds. The Kier molecular flexibility index (Phi) is 36.8. The molecule has 0 saturated heterocycles. The van der Waals surface area contributed by atoms with Crippen LogP contribution in [0.5, 0.6) is 17.2 Å². The van der Waals surface area contributed by atoms with E-state index in [0.717, 1.165) is 162 Å². The van der Waals surface area contributed by atoms with Crippen LogP contribution in [0.25, 0.3) is 85.1 Å². The third kappa shape index (κ3) is 25.0. The summed E-state index contributed by atoms with van der Waals surface area (Å²) in [7, 11) is 4.56. The number of aromatic carboxylic acids is 1. The number of anilines is 3. The van der Waals surface area contributed by atoms with Gasteiger partial charge in [-0.2, -0.15) is 0 Å². The maximum atomic E-state index is 13.8. The third-order valence-corrected chi connectivity index (χ3v) is 28.3. The van der Waals surface area contributed by atoms with Crippen molar-refractivity contribution in [2.24, 2.45) is 12.8 Å². The SMILES string of the molecule is CCOc1cc(NC(=O)C2(N)CCC2)ccc1/C=C/C(=O)OC.CCOc1cc(NC(=O)C2(NC(=O)c3ccc4c(c3)c(C)c(-c3ccc(F)cn3)n4C3CCCCC3)CCC2)ccc1/C=C/C(=O)O.CCOc1cc(NC(=O)C2(NC(=O)c3ccc4c(c3)c(C)c(-c3ccc(F)cn3)n4C3CCCCC3)CCC2)ccc1/C=C/C(=O)OC.Cn1c(-c2ccc(F)cn2)c(C2CCCCC2)c2ccc(C(=O)O)cc21.[Na+].[OH-]. The number of rotatable bonds is 29. The van der Waals surface area contributed by atoms with Crippen molar-refractivity contribution in [1.29, 1.82) is 0 Å². The molecule has 6 aliphatic carbocycles. The van der Waals surface area contributed by atoms with Gasteiger partial charge in [0.1, 0.15) is 45.8 Å². The van der Waals surface area contributed by atoms with E-state index in [4.69, 9.17) is 25.1 Å². The van der Waals surface area contributed by atoms with Crippen LogP contribution in [0.4, 0.5) is 30.2 Å². The quantitative estimate of drug-likeness (QED) is 0.0123. The van der Waals surface area contributed by atoms with Crippen LogP contribution in [0, 0.1) is 31.3 Å². The number of nitrogens with zero attached hydrogens (tertiary/aromatic N) is 6. The number of methoxy groups -OCH3 is 2. The fraction of sp³-hybridized carbons (Fsp3) is 0.363. The molecule has 0 unspecified atom stereocenters. The Bertz CT molecular complexity index is 6880. The Morgan fingerprint density at radius 2 is 0.801 bits per heavy atom. The maximum absolute atomic E-state index is 13.8. The van der Waals surface area contributed by atoms with E-state index in [1.54, 1.807) is 103 Å². The van der Waals surface area contributed by atoms with Crippen molar-refractivity contribution in [2.75, 3.05) is 50.0 Å². The second-order valence-electron chi connectivity index (χ2n) is 37.6. The summed E-state index contributed by atoms with van der Waals surface area (Å²) in [4.78, 5) is 125. The Morgan fingerprint density at radius 3 is 1.14 bits per heavy atom. The van der Waals surface area contributed by atoms with Crippen LogP contribution in [0.3, 0.4) is 0 Å². The monoisotopic (exact) mass is 2000 g/mol. The van der Waals surface area contributed by atoms with E-state index in [2.05, 4.69) is 60.1 Å². The van der Waals surface area contributed by atoms with Gasteiger partial charge in [-0.05, 0) is 293 Å². The first kappa shape index (κ1) is 109. The van der Waals surface area contributed by atoms with Gasteiger partial charge in [0.2, 0.25) is 17.7 Å². The second kappa shape index (κ2) is 49.2. The molecule has 0 atom stereocenters. The van der Waals surface area contributed by atoms with Gasteiger partial charge in [-0.1, -0.05) is 63.9 Å². The molecule has 29 nitrogen and oxygen atoms in total. The Balaban J connectivity index is 0.000000170. The number of pyridine rings is 3. The number of carboxylic acid groups (broad SMARTS) is 2. The van der Waals surface area contributed by atoms with E-state index in [1.807, 2.05) is 82.6 Å². The predicted molar refractivity (Wildman–Crippen MR) is 551 cm³/mol. The molecule has 0 radical (unpaired) electrons. The number of benzene rings is 6. The first-order valence-corrected chi connectivity index (χ1v) is 49.6. The van der Waals surface area contributed by atoms with Gasteiger partial charge in [0, 0.05) is 133 Å². The van der Waals surface area contributed by atoms with Gasteiger partial charge in [-0.15, -0.1) is 0 Å². The fourth-order valence-electron chi connectivity index (χ4n) is 20.3. The van der Waals surface area contributed by atoms with E-state index >= 15 is 0 Å². The number of aliphatic carboxylic acids is 1. The molecular formula is C113H124F3N12NaO17. The summed E-state index contributed by atoms with van der Waals surface area (Å²) in [5.74, 6) is -3.60. The predicted octanol–water partition coefficient (Wildman–Crippen LogP) is 19.0. The zero-order chi connectivity index (χ0) is 102. The van der Waals surface area contributed by atoms with Crippen LogP contribution < -0.4 is 76.1 Å². The molecular weight excluding hydrogens is 1880 g/mol. The van der Waals surface area contributed by atoms with Crippen molar-refractivity contribution in [2.45, 2.75) is 223 Å². The molecule has 0 bridgehead atoms. The summed E-state index contributed by atoms with van der Waals surface area (Å²) in [5, 5.41) is 36.1. The number of carbonyl (C=O) groups is 9. The number of hydrogen-bond donors (Lipinski definition) is 8. The smallest absolute Gasteiger partial charge is 0.870 e. The Morgan fingerprint density at radius 1 is 0.432 bits per heavy atom. The summed E-state index contributed by atoms with van der Waals surface area (Å²) in [6.45, 7) is 10.8. The number of aryl methyl sites for hydroxylation is 3. The van der Waals surface area contributed by atoms with Crippen molar-refractivity contribution in [1.82, 2.24) is 39.3 Å². The topological polar surface area (TPSA) is 410 Å². The molecule has 6 heterocycles. The van der Waals surface area contributed by atoms with Crippen molar-refractivity contribution in [3.63, 3.8) is 0 Å². The molecule has 12 aromatic rings. The van der Waals surface area contributed by atoms with Crippen LogP contribution in [0.1, 0.15) is 257 Å². The number of fused-ring (bicyclic) bond motifs is 3. The van der Waals surface area contributed by atoms with E-state index in [9.17, 15) is 61.4 Å². The molecule has 18 rings (SSSR count). The van der Waals surface area contributed by atoms with Crippen molar-refractivity contribution in [3.05, 3.63) is 250 Å². The zero-order valence-corrected chi connectivity index (χ0v) is 85.8. The molecule has 6 fully saturated rings. The number of ether oxygens (including phenoxy) is 5. The van der Waals surface area contributed by atoms with Crippen LogP contribution in [-0.2, 0) is 45.3 Å². The Labute approximate surface area is 867 Å². The number of nitrogens with one attached hydrogen (secondary N) is 5. The van der Waals surface area contributed by atoms with Gasteiger partial charge in [-0.3, -0.25) is 38.9 Å². The molecule has 0 aliphatic heterocycles. The van der Waals surface area contributed by atoms with Crippen LogP contribution in [-0.4, -0.2) is 148 Å².